The molecule has 0 unspecified atom stereocenters. The Hall–Kier alpha value is -4.62. The van der Waals surface area contributed by atoms with Gasteiger partial charge in [-0.15, -0.1) is 0 Å². The summed E-state index contributed by atoms with van der Waals surface area (Å²) >= 11 is 0. The second kappa shape index (κ2) is 8.87. The highest BCUT2D eigenvalue weighted by Gasteiger charge is 2.32. The number of nitrogens with zero attached hydrogens (tertiary/aromatic N) is 5. The fraction of sp³-hybridized carbons (Fsp3) is 0.227. The van der Waals surface area contributed by atoms with E-state index in [0.29, 0.717) is 5.56 Å². The van der Waals surface area contributed by atoms with E-state index >= 15 is 0 Å². The number of alkyl halides is 3. The molecule has 4 aromatic rings. The first-order valence-corrected chi connectivity index (χ1v) is 10.3. The van der Waals surface area contributed by atoms with Crippen molar-refractivity contribution in [3.8, 4) is 17.5 Å². The zero-order valence-electron chi connectivity index (χ0n) is 19.4. The molecule has 14 heteroatoms. The second-order valence-corrected chi connectivity index (χ2v) is 7.70. The smallest absolute Gasteiger partial charge is 0.431 e. The summed E-state index contributed by atoms with van der Waals surface area (Å²) in [5.74, 6) is 0.476. The molecule has 0 radical (unpaired) electrons. The number of hydrogen-bond acceptors (Lipinski definition) is 7. The van der Waals surface area contributed by atoms with Gasteiger partial charge >= 0.3 is 23.6 Å². The van der Waals surface area contributed by atoms with E-state index in [0.717, 1.165) is 10.6 Å². The lowest BCUT2D eigenvalue weighted by Crippen LogP contribution is -2.37. The molecule has 1 N–H and O–H groups in total. The fourth-order valence-electron chi connectivity index (χ4n) is 3.46. The standard InChI is InChI=1S/C22H19F3N6O5/c1-29-16-17(30(2)21(34)31(3)18(16)32)28-20(29)36-13-8-6-11(9-14(13)35-4)5-7-12-10-15(22(23,24)25)27-19(33)26-12/h5-10H,1-4H3,(H,26,27,33). The summed E-state index contributed by atoms with van der Waals surface area (Å²) in [5.41, 5.74) is -2.78. The molecule has 3 aromatic heterocycles. The molecule has 36 heavy (non-hydrogen) atoms. The number of aromatic amines is 1. The predicted octanol–water partition coefficient (Wildman–Crippen LogP) is 2.04. The minimum Gasteiger partial charge on any atom is -0.493 e. The molecule has 188 valence electrons. The van der Waals surface area contributed by atoms with Crippen molar-refractivity contribution in [1.82, 2.24) is 28.7 Å². The number of imidazole rings is 1. The Bertz CT molecular complexity index is 1690. The van der Waals surface area contributed by atoms with Crippen molar-refractivity contribution < 1.29 is 22.6 Å². The normalized spacial score (nSPS) is 12.0. The van der Waals surface area contributed by atoms with Crippen molar-refractivity contribution in [2.24, 2.45) is 21.1 Å². The van der Waals surface area contributed by atoms with E-state index in [-0.39, 0.29) is 34.4 Å². The molecule has 0 amide bonds. The van der Waals surface area contributed by atoms with E-state index in [2.05, 4.69) is 9.97 Å². The van der Waals surface area contributed by atoms with Crippen molar-refractivity contribution in [2.45, 2.75) is 6.18 Å². The van der Waals surface area contributed by atoms with Crippen LogP contribution in [0.5, 0.6) is 17.5 Å². The number of H-pyrrole nitrogens is 1. The van der Waals surface area contributed by atoms with Crippen LogP contribution in [0.4, 0.5) is 13.2 Å². The second-order valence-electron chi connectivity index (χ2n) is 7.70. The van der Waals surface area contributed by atoms with E-state index in [9.17, 15) is 27.6 Å². The zero-order chi connectivity index (χ0) is 26.4. The minimum atomic E-state index is -4.72. The number of ether oxygens (including phenoxy) is 2. The van der Waals surface area contributed by atoms with Crippen LogP contribution in [0.2, 0.25) is 0 Å². The molecule has 0 bridgehead atoms. The van der Waals surface area contributed by atoms with E-state index in [1.807, 2.05) is 0 Å². The fourth-order valence-corrected chi connectivity index (χ4v) is 3.46. The van der Waals surface area contributed by atoms with Gasteiger partial charge in [-0.25, -0.2) is 9.59 Å². The molecular weight excluding hydrogens is 485 g/mol. The van der Waals surface area contributed by atoms with Crippen LogP contribution in [-0.2, 0) is 27.3 Å². The Morgan fingerprint density at radius 1 is 0.944 bits per heavy atom. The Kier molecular flexibility index (Phi) is 6.04. The van der Waals surface area contributed by atoms with Crippen molar-refractivity contribution in [1.29, 1.82) is 0 Å². The van der Waals surface area contributed by atoms with Gasteiger partial charge in [0, 0.05) is 21.1 Å². The Balaban J connectivity index is 1.67. The lowest BCUT2D eigenvalue weighted by Gasteiger charge is -2.10. The van der Waals surface area contributed by atoms with Crippen LogP contribution in [0, 0.1) is 0 Å². The number of benzene rings is 1. The summed E-state index contributed by atoms with van der Waals surface area (Å²) in [6, 6.07) is 5.40. The monoisotopic (exact) mass is 504 g/mol. The molecule has 0 aliphatic carbocycles. The maximum atomic E-state index is 12.9. The number of aromatic nitrogens is 6. The summed E-state index contributed by atoms with van der Waals surface area (Å²) in [5, 5.41) is 0. The van der Waals surface area contributed by atoms with Crippen molar-refractivity contribution in [2.75, 3.05) is 7.11 Å². The SMILES string of the molecule is COc1cc(C=Cc2cc(C(F)(F)F)[nH]c(=O)n2)ccc1Oc1nc2c(c(=O)n(C)c(=O)n2C)n1C. The maximum Gasteiger partial charge on any atom is 0.431 e. The van der Waals surface area contributed by atoms with E-state index in [1.54, 1.807) is 24.2 Å². The first-order valence-electron chi connectivity index (χ1n) is 10.3. The van der Waals surface area contributed by atoms with Gasteiger partial charge in [-0.3, -0.25) is 18.5 Å². The minimum absolute atomic E-state index is 0.0253. The first-order chi connectivity index (χ1) is 16.9. The van der Waals surface area contributed by atoms with Crippen LogP contribution in [-0.4, -0.2) is 35.8 Å². The Labute approximate surface area is 199 Å². The molecule has 11 nitrogen and oxygen atoms in total. The predicted molar refractivity (Wildman–Crippen MR) is 123 cm³/mol. The lowest BCUT2D eigenvalue weighted by atomic mass is 10.1. The average molecular weight is 504 g/mol. The number of rotatable bonds is 5. The van der Waals surface area contributed by atoms with E-state index < -0.39 is 28.8 Å². The molecule has 0 aliphatic heterocycles. The van der Waals surface area contributed by atoms with Crippen LogP contribution in [0.1, 0.15) is 17.0 Å². The third kappa shape index (κ3) is 4.39. The third-order valence-electron chi connectivity index (χ3n) is 5.34. The summed E-state index contributed by atoms with van der Waals surface area (Å²) in [6.45, 7) is 0. The molecule has 0 saturated carbocycles. The van der Waals surface area contributed by atoms with Gasteiger partial charge in [0.15, 0.2) is 22.7 Å². The van der Waals surface area contributed by atoms with Gasteiger partial charge in [-0.05, 0) is 29.8 Å². The van der Waals surface area contributed by atoms with Crippen LogP contribution in [0.25, 0.3) is 23.3 Å². The van der Waals surface area contributed by atoms with Gasteiger partial charge in [0.05, 0.1) is 12.8 Å². The summed E-state index contributed by atoms with van der Waals surface area (Å²) in [6.07, 6.45) is -2.02. The zero-order valence-corrected chi connectivity index (χ0v) is 19.4. The van der Waals surface area contributed by atoms with Crippen LogP contribution in [0.3, 0.4) is 0 Å². The molecule has 0 fully saturated rings. The highest BCUT2D eigenvalue weighted by molar-refractivity contribution is 5.72. The molecule has 1 aromatic carbocycles. The number of halogens is 3. The highest BCUT2D eigenvalue weighted by atomic mass is 19.4. The third-order valence-corrected chi connectivity index (χ3v) is 5.34. The molecule has 0 aliphatic rings. The van der Waals surface area contributed by atoms with Gasteiger partial charge in [0.2, 0.25) is 0 Å². The van der Waals surface area contributed by atoms with Gasteiger partial charge in [0.1, 0.15) is 5.69 Å². The lowest BCUT2D eigenvalue weighted by molar-refractivity contribution is -0.141. The van der Waals surface area contributed by atoms with Crippen LogP contribution in [0.15, 0.2) is 38.6 Å². The first kappa shape index (κ1) is 24.5. The molecule has 0 saturated heterocycles. The number of methoxy groups -OCH3 is 1. The number of hydrogen-bond donors (Lipinski definition) is 1. The molecule has 3 heterocycles. The van der Waals surface area contributed by atoms with Crippen molar-refractivity contribution in [3.63, 3.8) is 0 Å². The molecule has 0 atom stereocenters. The number of fused-ring (bicyclic) bond motifs is 1. The summed E-state index contributed by atoms with van der Waals surface area (Å²) in [4.78, 5) is 45.7. The molecule has 0 spiro atoms. The van der Waals surface area contributed by atoms with Gasteiger partial charge < -0.3 is 14.5 Å². The van der Waals surface area contributed by atoms with Crippen molar-refractivity contribution in [3.05, 3.63) is 72.5 Å². The Morgan fingerprint density at radius 2 is 1.67 bits per heavy atom. The van der Waals surface area contributed by atoms with Gasteiger partial charge in [0.25, 0.3) is 5.56 Å². The quantitative estimate of drug-likeness (QED) is 0.441. The molecule has 4 rings (SSSR count). The van der Waals surface area contributed by atoms with E-state index in [1.165, 1.54) is 48.6 Å². The summed E-state index contributed by atoms with van der Waals surface area (Å²) in [7, 11) is 5.79. The Morgan fingerprint density at radius 3 is 2.33 bits per heavy atom. The van der Waals surface area contributed by atoms with Crippen LogP contribution >= 0.6 is 0 Å². The summed E-state index contributed by atoms with van der Waals surface area (Å²) < 4.78 is 53.5. The highest BCUT2D eigenvalue weighted by Crippen LogP contribution is 2.33. The van der Waals surface area contributed by atoms with Gasteiger partial charge in [-0.1, -0.05) is 12.1 Å². The van der Waals surface area contributed by atoms with Crippen LogP contribution < -0.4 is 26.4 Å². The average Bonchev–Trinajstić information content (AvgIpc) is 3.15. The van der Waals surface area contributed by atoms with Gasteiger partial charge in [-0.2, -0.15) is 23.1 Å². The molecular formula is C22H19F3N6O5. The van der Waals surface area contributed by atoms with E-state index in [4.69, 9.17) is 9.47 Å². The number of aryl methyl sites for hydroxylation is 2. The van der Waals surface area contributed by atoms with Crippen molar-refractivity contribution >= 4 is 23.3 Å². The maximum absolute atomic E-state index is 12.9. The largest absolute Gasteiger partial charge is 0.493 e. The number of nitrogens with one attached hydrogen (secondary N) is 1. The topological polar surface area (TPSA) is 126 Å².